The topological polar surface area (TPSA) is 17.1 Å². The van der Waals surface area contributed by atoms with Crippen molar-refractivity contribution in [3.8, 4) is 0 Å². The first-order valence-electron chi connectivity index (χ1n) is 3.60. The van der Waals surface area contributed by atoms with Crippen LogP contribution in [-0.2, 0) is 0 Å². The first kappa shape index (κ1) is 9.77. The van der Waals surface area contributed by atoms with Gasteiger partial charge in [-0.2, -0.15) is 0 Å². The molecular formula is C9H7F3O. The molecule has 0 amide bonds. The maximum absolute atomic E-state index is 13.1. The highest BCUT2D eigenvalue weighted by molar-refractivity contribution is 5.94. The molecule has 0 fully saturated rings. The molecule has 0 radical (unpaired) electrons. The van der Waals surface area contributed by atoms with Gasteiger partial charge in [-0.05, 0) is 19.9 Å². The molecule has 4 heteroatoms. The van der Waals surface area contributed by atoms with Crippen molar-refractivity contribution in [3.63, 3.8) is 0 Å². The van der Waals surface area contributed by atoms with Crippen molar-refractivity contribution in [2.24, 2.45) is 0 Å². The summed E-state index contributed by atoms with van der Waals surface area (Å²) in [5, 5.41) is 0. The Morgan fingerprint density at radius 1 is 1.23 bits per heavy atom. The second-order valence-corrected chi connectivity index (χ2v) is 2.72. The summed E-state index contributed by atoms with van der Waals surface area (Å²) in [4.78, 5) is 10.8. The molecule has 0 aliphatic carbocycles. The standard InChI is InChI=1S/C9H7F3O/c1-4-8(11)6(5(2)13)3-7(10)9(4)12/h3H,1-2H3. The summed E-state index contributed by atoms with van der Waals surface area (Å²) in [6.45, 7) is 2.18. The van der Waals surface area contributed by atoms with Gasteiger partial charge in [-0.25, -0.2) is 13.2 Å². The van der Waals surface area contributed by atoms with E-state index in [0.29, 0.717) is 6.07 Å². The van der Waals surface area contributed by atoms with Gasteiger partial charge in [-0.3, -0.25) is 4.79 Å². The molecule has 0 aromatic heterocycles. The quantitative estimate of drug-likeness (QED) is 0.489. The zero-order valence-electron chi connectivity index (χ0n) is 7.12. The maximum atomic E-state index is 13.1. The molecule has 0 bridgehead atoms. The van der Waals surface area contributed by atoms with Crippen LogP contribution in [0.25, 0.3) is 0 Å². The molecule has 1 nitrogen and oxygen atoms in total. The van der Waals surface area contributed by atoms with Crippen LogP contribution in [0.1, 0.15) is 22.8 Å². The highest BCUT2D eigenvalue weighted by atomic mass is 19.2. The van der Waals surface area contributed by atoms with Crippen molar-refractivity contribution in [1.29, 1.82) is 0 Å². The van der Waals surface area contributed by atoms with E-state index in [-0.39, 0.29) is 0 Å². The van der Waals surface area contributed by atoms with Gasteiger partial charge >= 0.3 is 0 Å². The lowest BCUT2D eigenvalue weighted by molar-refractivity contribution is 0.101. The summed E-state index contributed by atoms with van der Waals surface area (Å²) in [5.41, 5.74) is -0.887. The number of benzene rings is 1. The van der Waals surface area contributed by atoms with E-state index >= 15 is 0 Å². The van der Waals surface area contributed by atoms with E-state index in [0.717, 1.165) is 13.8 Å². The number of rotatable bonds is 1. The summed E-state index contributed by atoms with van der Waals surface area (Å²) in [7, 11) is 0. The van der Waals surface area contributed by atoms with Crippen molar-refractivity contribution < 1.29 is 18.0 Å². The Bertz CT molecular complexity index is 372. The number of halogens is 3. The highest BCUT2D eigenvalue weighted by Gasteiger charge is 2.17. The largest absolute Gasteiger partial charge is 0.294 e. The predicted octanol–water partition coefficient (Wildman–Crippen LogP) is 2.61. The lowest BCUT2D eigenvalue weighted by Crippen LogP contribution is -2.04. The zero-order valence-corrected chi connectivity index (χ0v) is 7.12. The van der Waals surface area contributed by atoms with Crippen LogP contribution in [0.5, 0.6) is 0 Å². The molecule has 0 unspecified atom stereocenters. The third kappa shape index (κ3) is 1.56. The van der Waals surface area contributed by atoms with Gasteiger partial charge in [0.1, 0.15) is 5.82 Å². The van der Waals surface area contributed by atoms with Gasteiger partial charge in [0.2, 0.25) is 0 Å². The Morgan fingerprint density at radius 2 is 1.77 bits per heavy atom. The number of Topliss-reactive ketones (excluding diaryl/α,β-unsaturated/α-hetero) is 1. The molecule has 0 heterocycles. The lowest BCUT2D eigenvalue weighted by atomic mass is 10.1. The summed E-state index contributed by atoms with van der Waals surface area (Å²) < 4.78 is 38.5. The van der Waals surface area contributed by atoms with E-state index in [9.17, 15) is 18.0 Å². The van der Waals surface area contributed by atoms with E-state index in [1.807, 2.05) is 0 Å². The van der Waals surface area contributed by atoms with Gasteiger partial charge in [0.15, 0.2) is 17.4 Å². The zero-order chi connectivity index (χ0) is 10.2. The van der Waals surface area contributed by atoms with E-state index in [4.69, 9.17) is 0 Å². The fourth-order valence-corrected chi connectivity index (χ4v) is 0.987. The van der Waals surface area contributed by atoms with Crippen LogP contribution in [0, 0.1) is 24.4 Å². The van der Waals surface area contributed by atoms with Gasteiger partial charge in [0.25, 0.3) is 0 Å². The van der Waals surface area contributed by atoms with E-state index in [2.05, 4.69) is 0 Å². The summed E-state index contributed by atoms with van der Waals surface area (Å²) in [5.74, 6) is -4.07. The Kier molecular flexibility index (Phi) is 2.40. The number of carbonyl (C=O) groups is 1. The minimum Gasteiger partial charge on any atom is -0.294 e. The van der Waals surface area contributed by atoms with E-state index in [1.165, 1.54) is 0 Å². The first-order chi connectivity index (χ1) is 5.95. The van der Waals surface area contributed by atoms with Crippen LogP contribution in [0.15, 0.2) is 6.07 Å². The first-order valence-corrected chi connectivity index (χ1v) is 3.60. The fourth-order valence-electron chi connectivity index (χ4n) is 0.987. The molecule has 1 aromatic carbocycles. The average molecular weight is 188 g/mol. The molecule has 1 rings (SSSR count). The minimum atomic E-state index is -1.25. The molecule has 0 spiro atoms. The predicted molar refractivity (Wildman–Crippen MR) is 41.1 cm³/mol. The number of hydrogen-bond acceptors (Lipinski definition) is 1. The monoisotopic (exact) mass is 188 g/mol. The van der Waals surface area contributed by atoms with Gasteiger partial charge in [-0.15, -0.1) is 0 Å². The number of carbonyl (C=O) groups excluding carboxylic acids is 1. The lowest BCUT2D eigenvalue weighted by Gasteiger charge is -2.04. The Labute approximate surface area is 73.2 Å². The van der Waals surface area contributed by atoms with Crippen molar-refractivity contribution in [3.05, 3.63) is 34.6 Å². The molecule has 0 N–H and O–H groups in total. The van der Waals surface area contributed by atoms with Gasteiger partial charge < -0.3 is 0 Å². The smallest absolute Gasteiger partial charge is 0.164 e. The second-order valence-electron chi connectivity index (χ2n) is 2.72. The fraction of sp³-hybridized carbons (Fsp3) is 0.222. The molecular weight excluding hydrogens is 181 g/mol. The summed E-state index contributed by atoms with van der Waals surface area (Å²) >= 11 is 0. The SMILES string of the molecule is CC(=O)c1cc(F)c(F)c(C)c1F. The van der Waals surface area contributed by atoms with Crippen molar-refractivity contribution in [2.75, 3.05) is 0 Å². The van der Waals surface area contributed by atoms with Crippen LogP contribution < -0.4 is 0 Å². The number of hydrogen-bond donors (Lipinski definition) is 0. The van der Waals surface area contributed by atoms with Crippen LogP contribution in [-0.4, -0.2) is 5.78 Å². The van der Waals surface area contributed by atoms with Gasteiger partial charge in [0.05, 0.1) is 5.56 Å². The van der Waals surface area contributed by atoms with Crippen LogP contribution >= 0.6 is 0 Å². The third-order valence-electron chi connectivity index (χ3n) is 1.75. The van der Waals surface area contributed by atoms with E-state index < -0.39 is 34.4 Å². The Balaban J connectivity index is 3.50. The molecule has 0 saturated heterocycles. The number of ketones is 1. The Morgan fingerprint density at radius 3 is 2.23 bits per heavy atom. The molecule has 13 heavy (non-hydrogen) atoms. The molecule has 0 aliphatic rings. The van der Waals surface area contributed by atoms with Crippen LogP contribution in [0.4, 0.5) is 13.2 Å². The van der Waals surface area contributed by atoms with Crippen molar-refractivity contribution in [1.82, 2.24) is 0 Å². The van der Waals surface area contributed by atoms with E-state index in [1.54, 1.807) is 0 Å². The second kappa shape index (κ2) is 3.20. The van der Waals surface area contributed by atoms with Crippen molar-refractivity contribution >= 4 is 5.78 Å². The normalized spacial score (nSPS) is 10.2. The van der Waals surface area contributed by atoms with Crippen molar-refractivity contribution in [2.45, 2.75) is 13.8 Å². The average Bonchev–Trinajstić information content (AvgIpc) is 2.07. The van der Waals surface area contributed by atoms with Gasteiger partial charge in [-0.1, -0.05) is 0 Å². The van der Waals surface area contributed by atoms with Crippen LogP contribution in [0.3, 0.4) is 0 Å². The molecule has 70 valence electrons. The highest BCUT2D eigenvalue weighted by Crippen LogP contribution is 2.19. The molecule has 0 atom stereocenters. The summed E-state index contributed by atoms with van der Waals surface area (Å²) in [6.07, 6.45) is 0. The van der Waals surface area contributed by atoms with Gasteiger partial charge in [0, 0.05) is 5.56 Å². The molecule has 1 aromatic rings. The molecule has 0 saturated carbocycles. The third-order valence-corrected chi connectivity index (χ3v) is 1.75. The maximum Gasteiger partial charge on any atom is 0.164 e. The Hall–Kier alpha value is -1.32. The van der Waals surface area contributed by atoms with Crippen LogP contribution in [0.2, 0.25) is 0 Å². The minimum absolute atomic E-state index is 0.420. The molecule has 0 aliphatic heterocycles. The summed E-state index contributed by atoms with van der Waals surface area (Å²) in [6, 6.07) is 0.569.